The van der Waals surface area contributed by atoms with Gasteiger partial charge in [0, 0.05) is 30.6 Å². The Morgan fingerprint density at radius 2 is 2.05 bits per heavy atom. The van der Waals surface area contributed by atoms with E-state index in [9.17, 15) is 22.9 Å². The smallest absolute Gasteiger partial charge is 0.242 e. The van der Waals surface area contributed by atoms with Crippen LogP contribution in [0.15, 0.2) is 23.4 Å². The van der Waals surface area contributed by atoms with Gasteiger partial charge in [-0.05, 0) is 56.1 Å². The van der Waals surface area contributed by atoms with Gasteiger partial charge in [-0.25, -0.2) is 22.5 Å². The van der Waals surface area contributed by atoms with Crippen molar-refractivity contribution in [1.29, 1.82) is 5.26 Å². The number of hydrogen-bond acceptors (Lipinski definition) is 8. The normalized spacial score (nSPS) is 26.0. The Bertz CT molecular complexity index is 1700. The number of nitrogens with zero attached hydrogens (tertiary/aromatic N) is 6. The van der Waals surface area contributed by atoms with Crippen molar-refractivity contribution in [3.63, 3.8) is 0 Å². The zero-order valence-corrected chi connectivity index (χ0v) is 24.0. The summed E-state index contributed by atoms with van der Waals surface area (Å²) in [6.07, 6.45) is 7.27. The molecular weight excluding hydrogens is 553 g/mol. The van der Waals surface area contributed by atoms with Crippen molar-refractivity contribution < 1.29 is 17.6 Å². The molecule has 2 atom stereocenters. The number of rotatable bonds is 8. The van der Waals surface area contributed by atoms with Crippen LogP contribution >= 0.6 is 11.3 Å². The van der Waals surface area contributed by atoms with Crippen molar-refractivity contribution in [2.45, 2.75) is 73.6 Å². The molecule has 4 heterocycles. The average Bonchev–Trinajstić information content (AvgIpc) is 3.90. The second kappa shape index (κ2) is 8.53. The number of nitrogens with one attached hydrogen (secondary N) is 1. The molecule has 0 aromatic carbocycles. The first-order chi connectivity index (χ1) is 19.1. The van der Waals surface area contributed by atoms with Crippen molar-refractivity contribution in [2.24, 2.45) is 11.8 Å². The molecule has 13 heteroatoms. The average molecular weight is 584 g/mol. The lowest BCUT2D eigenvalue weighted by Gasteiger charge is -2.33. The number of fused-ring (bicyclic) bond motifs is 2. The van der Waals surface area contributed by atoms with E-state index in [1.54, 1.807) is 16.7 Å². The lowest BCUT2D eigenvalue weighted by molar-refractivity contribution is -0.135. The maximum absolute atomic E-state index is 13.7. The molecule has 0 radical (unpaired) electrons. The fourth-order valence-electron chi connectivity index (χ4n) is 6.19. The molecule has 1 aliphatic heterocycles. The molecule has 3 saturated carbocycles. The van der Waals surface area contributed by atoms with Gasteiger partial charge in [-0.2, -0.15) is 5.26 Å². The van der Waals surface area contributed by atoms with E-state index in [1.165, 1.54) is 17.5 Å². The molecule has 1 amide bonds. The number of carbonyl (C=O) groups is 1. The number of nitriles is 1. The van der Waals surface area contributed by atoms with E-state index in [2.05, 4.69) is 26.0 Å². The number of halogens is 1. The second-order valence-electron chi connectivity index (χ2n) is 12.3. The first-order valence-corrected chi connectivity index (χ1v) is 16.0. The van der Waals surface area contributed by atoms with E-state index < -0.39 is 27.7 Å². The third kappa shape index (κ3) is 3.90. The van der Waals surface area contributed by atoms with Crippen LogP contribution in [0.2, 0.25) is 0 Å². The van der Waals surface area contributed by atoms with Gasteiger partial charge in [0.25, 0.3) is 0 Å². The van der Waals surface area contributed by atoms with Gasteiger partial charge in [-0.3, -0.25) is 9.20 Å². The number of carbonyl (C=O) groups excluding carboxylic acids is 1. The van der Waals surface area contributed by atoms with E-state index >= 15 is 0 Å². The minimum absolute atomic E-state index is 0.0510. The third-order valence-electron chi connectivity index (χ3n) is 9.22. The van der Waals surface area contributed by atoms with Gasteiger partial charge in [0.2, 0.25) is 15.9 Å². The number of piperidine rings is 1. The predicted molar refractivity (Wildman–Crippen MR) is 145 cm³/mol. The van der Waals surface area contributed by atoms with Crippen molar-refractivity contribution in [2.75, 3.05) is 19.8 Å². The van der Waals surface area contributed by atoms with Gasteiger partial charge < -0.3 is 4.90 Å². The molecule has 40 heavy (non-hydrogen) atoms. The summed E-state index contributed by atoms with van der Waals surface area (Å²) in [7, 11) is -4.03. The maximum atomic E-state index is 13.7. The molecule has 3 aromatic rings. The lowest BCUT2D eigenvalue weighted by atomic mass is 9.86. The molecule has 1 saturated heterocycles. The predicted octanol–water partition coefficient (Wildman–Crippen LogP) is 3.33. The van der Waals surface area contributed by atoms with Crippen LogP contribution in [0.5, 0.6) is 0 Å². The van der Waals surface area contributed by atoms with Gasteiger partial charge in [0.15, 0.2) is 10.8 Å². The molecule has 4 fully saturated rings. The molecule has 3 aromatic heterocycles. The van der Waals surface area contributed by atoms with Crippen LogP contribution in [0, 0.1) is 23.2 Å². The topological polar surface area (TPSA) is 133 Å². The highest BCUT2D eigenvalue weighted by Crippen LogP contribution is 2.60. The molecule has 1 N–H and O–H groups in total. The van der Waals surface area contributed by atoms with Crippen molar-refractivity contribution in [1.82, 2.24) is 29.2 Å². The molecule has 0 spiro atoms. The van der Waals surface area contributed by atoms with Crippen LogP contribution in [0.1, 0.15) is 62.9 Å². The van der Waals surface area contributed by atoms with E-state index in [-0.39, 0.29) is 28.1 Å². The Labute approximate surface area is 235 Å². The number of aromatic nitrogens is 4. The van der Waals surface area contributed by atoms with Crippen LogP contribution in [0.25, 0.3) is 16.3 Å². The van der Waals surface area contributed by atoms with Crippen LogP contribution < -0.4 is 4.72 Å². The van der Waals surface area contributed by atoms with E-state index in [0.717, 1.165) is 36.8 Å². The zero-order chi connectivity index (χ0) is 28.1. The second-order valence-corrected chi connectivity index (χ2v) is 15.0. The summed E-state index contributed by atoms with van der Waals surface area (Å²) in [5.74, 6) is 0.735. The maximum Gasteiger partial charge on any atom is 0.242 e. The third-order valence-corrected chi connectivity index (χ3v) is 11.9. The van der Waals surface area contributed by atoms with Gasteiger partial charge >= 0.3 is 0 Å². The van der Waals surface area contributed by atoms with Crippen LogP contribution in [0.3, 0.4) is 0 Å². The Balaban J connectivity index is 1.32. The standard InChI is InChI=1S/C27H30FN7O3S2/c1-16(2)23(36)34-8-7-27(10-17(27)12-34)19-9-18(40(37,38)33-26(14-28)5-6-26)13-35-20(19)11-30-21(35)22-31-32-24(39-22)25(15-29)3-4-25/h9,11,13,16-17,33H,3-8,10,12,14H2,1-2H3/t17-,27+/m0/s1. The summed E-state index contributed by atoms with van der Waals surface area (Å²) in [5.41, 5.74) is -0.218. The van der Waals surface area contributed by atoms with Crippen LogP contribution in [-0.2, 0) is 25.6 Å². The van der Waals surface area contributed by atoms with Gasteiger partial charge in [0.05, 0.1) is 28.2 Å². The number of imidazole rings is 1. The number of hydrogen-bond donors (Lipinski definition) is 1. The first-order valence-electron chi connectivity index (χ1n) is 13.7. The molecular formula is C27H30FN7O3S2. The molecule has 0 unspecified atom stereocenters. The highest BCUT2D eigenvalue weighted by atomic mass is 32.2. The number of likely N-dealkylation sites (tertiary alicyclic amines) is 1. The SMILES string of the molecule is CC(C)C(=O)N1CC[C@@]2(c3cc(S(=O)(=O)NC4(CF)CC4)cn4c(-c5nnc(C6(C#N)CC6)s5)ncc34)C[C@H]2C1. The molecule has 0 bridgehead atoms. The largest absolute Gasteiger partial charge is 0.342 e. The Kier molecular flexibility index (Phi) is 5.54. The number of sulfonamides is 1. The minimum atomic E-state index is -4.03. The monoisotopic (exact) mass is 583 g/mol. The van der Waals surface area contributed by atoms with E-state index in [1.807, 2.05) is 18.7 Å². The molecule has 4 aliphatic rings. The van der Waals surface area contributed by atoms with Gasteiger partial charge in [-0.1, -0.05) is 25.2 Å². The summed E-state index contributed by atoms with van der Waals surface area (Å²) in [6, 6.07) is 4.06. The highest BCUT2D eigenvalue weighted by Gasteiger charge is 2.59. The molecule has 210 valence electrons. The van der Waals surface area contributed by atoms with Gasteiger partial charge in [-0.15, -0.1) is 10.2 Å². The summed E-state index contributed by atoms with van der Waals surface area (Å²) in [4.78, 5) is 19.3. The summed E-state index contributed by atoms with van der Waals surface area (Å²) in [5, 5.41) is 19.4. The summed E-state index contributed by atoms with van der Waals surface area (Å²) >= 11 is 1.31. The van der Waals surface area contributed by atoms with Crippen molar-refractivity contribution in [3.05, 3.63) is 29.0 Å². The number of alkyl halides is 1. The summed E-state index contributed by atoms with van der Waals surface area (Å²) in [6.45, 7) is 4.30. The first kappa shape index (κ1) is 26.0. The Morgan fingerprint density at radius 1 is 1.27 bits per heavy atom. The molecule has 3 aliphatic carbocycles. The highest BCUT2D eigenvalue weighted by molar-refractivity contribution is 7.89. The quantitative estimate of drug-likeness (QED) is 0.430. The van der Waals surface area contributed by atoms with Crippen molar-refractivity contribution in [3.8, 4) is 16.9 Å². The van der Waals surface area contributed by atoms with Gasteiger partial charge in [0.1, 0.15) is 17.1 Å². The Hall–Kier alpha value is -2.95. The lowest BCUT2D eigenvalue weighted by Crippen LogP contribution is -2.42. The van der Waals surface area contributed by atoms with Crippen LogP contribution in [0.4, 0.5) is 4.39 Å². The molecule has 10 nitrogen and oxygen atoms in total. The Morgan fingerprint density at radius 3 is 2.67 bits per heavy atom. The number of amides is 1. The minimum Gasteiger partial charge on any atom is -0.342 e. The van der Waals surface area contributed by atoms with E-state index in [4.69, 9.17) is 0 Å². The fraction of sp³-hybridized carbons (Fsp3) is 0.593. The number of pyridine rings is 1. The zero-order valence-electron chi connectivity index (χ0n) is 22.4. The fourth-order valence-corrected chi connectivity index (χ4v) is 8.68. The molecule has 7 rings (SSSR count). The van der Waals surface area contributed by atoms with Crippen LogP contribution in [-0.4, -0.2) is 64.1 Å². The van der Waals surface area contributed by atoms with E-state index in [0.29, 0.717) is 41.8 Å². The summed E-state index contributed by atoms with van der Waals surface area (Å²) < 4.78 is 45.2. The van der Waals surface area contributed by atoms with Crippen molar-refractivity contribution >= 4 is 32.8 Å².